The molecule has 0 aliphatic carbocycles. The summed E-state index contributed by atoms with van der Waals surface area (Å²) in [5.74, 6) is 0. The lowest BCUT2D eigenvalue weighted by atomic mass is 10.2. The number of nitrogens with zero attached hydrogens (tertiary/aromatic N) is 2. The normalized spacial score (nSPS) is 10.7. The van der Waals surface area contributed by atoms with Crippen LogP contribution >= 0.6 is 11.6 Å². The van der Waals surface area contributed by atoms with E-state index in [1.54, 1.807) is 0 Å². The number of rotatable bonds is 3. The molecule has 2 N–H and O–H groups in total. The van der Waals surface area contributed by atoms with E-state index in [1.165, 1.54) is 0 Å². The van der Waals surface area contributed by atoms with E-state index >= 15 is 0 Å². The minimum Gasteiger partial charge on any atom is -0.325 e. The second kappa shape index (κ2) is 4.45. The van der Waals surface area contributed by atoms with Crippen LogP contribution in [0, 0.1) is 10.1 Å². The number of alkyl halides is 2. The molecule has 0 aromatic carbocycles. The summed E-state index contributed by atoms with van der Waals surface area (Å²) < 4.78 is 24.9. The smallest absolute Gasteiger partial charge is 0.315 e. The van der Waals surface area contributed by atoms with Crippen LogP contribution in [0.3, 0.4) is 0 Å². The van der Waals surface area contributed by atoms with Crippen molar-refractivity contribution < 1.29 is 13.7 Å². The van der Waals surface area contributed by atoms with Gasteiger partial charge in [0.25, 0.3) is 6.43 Å². The molecule has 5 nitrogen and oxygen atoms in total. The number of nitro groups is 1. The maximum Gasteiger partial charge on any atom is 0.315 e. The average Bonchev–Trinajstić information content (AvgIpc) is 2.15. The predicted molar refractivity (Wildman–Crippen MR) is 48.7 cm³/mol. The lowest BCUT2D eigenvalue weighted by Gasteiger charge is -2.05. The molecule has 0 aliphatic heterocycles. The van der Waals surface area contributed by atoms with Gasteiger partial charge in [0.1, 0.15) is 5.56 Å². The number of halogens is 3. The van der Waals surface area contributed by atoms with Crippen LogP contribution in [0.15, 0.2) is 6.07 Å². The van der Waals surface area contributed by atoms with Gasteiger partial charge in [-0.1, -0.05) is 11.6 Å². The van der Waals surface area contributed by atoms with Gasteiger partial charge >= 0.3 is 5.69 Å². The Balaban J connectivity index is 3.42. The predicted octanol–water partition coefficient (Wildman–Crippen LogP) is 2.04. The van der Waals surface area contributed by atoms with E-state index < -0.39 is 27.8 Å². The zero-order valence-corrected chi connectivity index (χ0v) is 8.04. The van der Waals surface area contributed by atoms with E-state index in [1.807, 2.05) is 0 Å². The first-order valence-corrected chi connectivity index (χ1v) is 4.17. The Kier molecular flexibility index (Phi) is 3.48. The van der Waals surface area contributed by atoms with Crippen LogP contribution in [0.25, 0.3) is 0 Å². The molecule has 1 aromatic heterocycles. The molecule has 82 valence electrons. The standard InChI is InChI=1S/C7H6ClF2N3O2/c8-6-5(13(14)15)4(7(9)10)1-3(2-11)12-6/h1,7H,2,11H2. The summed E-state index contributed by atoms with van der Waals surface area (Å²) in [6, 6.07) is 0.884. The molecule has 0 bridgehead atoms. The first-order chi connectivity index (χ1) is 6.97. The van der Waals surface area contributed by atoms with Crippen LogP contribution < -0.4 is 5.73 Å². The maximum absolute atomic E-state index is 12.5. The number of pyridine rings is 1. The fraction of sp³-hybridized carbons (Fsp3) is 0.286. The van der Waals surface area contributed by atoms with E-state index in [0.717, 1.165) is 6.07 Å². The minimum atomic E-state index is -2.99. The van der Waals surface area contributed by atoms with Gasteiger partial charge in [-0.25, -0.2) is 13.8 Å². The molecule has 0 radical (unpaired) electrons. The Morgan fingerprint density at radius 2 is 2.27 bits per heavy atom. The highest BCUT2D eigenvalue weighted by Gasteiger charge is 2.27. The molecule has 15 heavy (non-hydrogen) atoms. The highest BCUT2D eigenvalue weighted by atomic mass is 35.5. The maximum atomic E-state index is 12.5. The van der Waals surface area contributed by atoms with Crippen molar-refractivity contribution in [2.45, 2.75) is 13.0 Å². The van der Waals surface area contributed by atoms with Gasteiger partial charge in [0, 0.05) is 6.54 Å². The van der Waals surface area contributed by atoms with Crippen LogP contribution in [0.4, 0.5) is 14.5 Å². The molecule has 0 unspecified atom stereocenters. The van der Waals surface area contributed by atoms with Gasteiger partial charge in [-0.3, -0.25) is 10.1 Å². The summed E-state index contributed by atoms with van der Waals surface area (Å²) in [5.41, 5.74) is 3.63. The van der Waals surface area contributed by atoms with Crippen molar-refractivity contribution in [2.24, 2.45) is 5.73 Å². The van der Waals surface area contributed by atoms with Gasteiger partial charge in [-0.15, -0.1) is 0 Å². The molecule has 0 atom stereocenters. The largest absolute Gasteiger partial charge is 0.325 e. The van der Waals surface area contributed by atoms with E-state index in [4.69, 9.17) is 17.3 Å². The van der Waals surface area contributed by atoms with E-state index in [9.17, 15) is 18.9 Å². The van der Waals surface area contributed by atoms with Crippen molar-refractivity contribution in [3.05, 3.63) is 32.6 Å². The minimum absolute atomic E-state index is 0.0842. The topological polar surface area (TPSA) is 82.0 Å². The van der Waals surface area contributed by atoms with Gasteiger partial charge < -0.3 is 5.73 Å². The van der Waals surface area contributed by atoms with E-state index in [2.05, 4.69) is 4.98 Å². The number of aromatic nitrogens is 1. The second-order valence-electron chi connectivity index (χ2n) is 2.60. The van der Waals surface area contributed by atoms with Crippen molar-refractivity contribution in [1.82, 2.24) is 4.98 Å². The Bertz CT molecular complexity index is 400. The Morgan fingerprint density at radius 1 is 1.67 bits per heavy atom. The lowest BCUT2D eigenvalue weighted by Crippen LogP contribution is -2.05. The van der Waals surface area contributed by atoms with Gasteiger partial charge in [-0.2, -0.15) is 0 Å². The lowest BCUT2D eigenvalue weighted by molar-refractivity contribution is -0.386. The molecule has 1 rings (SSSR count). The summed E-state index contributed by atoms with van der Waals surface area (Å²) in [5, 5.41) is 9.89. The molecule has 0 fully saturated rings. The third-order valence-electron chi connectivity index (χ3n) is 1.66. The number of nitrogens with two attached hydrogens (primary N) is 1. The Morgan fingerprint density at radius 3 is 2.67 bits per heavy atom. The molecule has 8 heteroatoms. The second-order valence-corrected chi connectivity index (χ2v) is 2.96. The van der Waals surface area contributed by atoms with E-state index in [0.29, 0.717) is 0 Å². The highest BCUT2D eigenvalue weighted by Crippen LogP contribution is 2.34. The van der Waals surface area contributed by atoms with Crippen LogP contribution in [0.2, 0.25) is 5.15 Å². The third kappa shape index (κ3) is 2.37. The van der Waals surface area contributed by atoms with Gasteiger partial charge in [-0.05, 0) is 6.07 Å². The van der Waals surface area contributed by atoms with Crippen LogP contribution in [0.5, 0.6) is 0 Å². The van der Waals surface area contributed by atoms with Crippen molar-refractivity contribution in [1.29, 1.82) is 0 Å². The monoisotopic (exact) mass is 237 g/mol. The molecule has 0 saturated heterocycles. The first kappa shape index (κ1) is 11.7. The summed E-state index contributed by atoms with van der Waals surface area (Å²) in [6.45, 7) is -0.114. The molecule has 0 spiro atoms. The van der Waals surface area contributed by atoms with Crippen LogP contribution in [-0.2, 0) is 6.54 Å². The highest BCUT2D eigenvalue weighted by molar-refractivity contribution is 6.31. The molecule has 0 amide bonds. The summed E-state index contributed by atoms with van der Waals surface area (Å²) in [4.78, 5) is 13.0. The summed E-state index contributed by atoms with van der Waals surface area (Å²) >= 11 is 5.41. The van der Waals surface area contributed by atoms with E-state index in [-0.39, 0.29) is 12.2 Å². The molecule has 1 aromatic rings. The van der Waals surface area contributed by atoms with Gasteiger partial charge in [0.2, 0.25) is 5.15 Å². The third-order valence-corrected chi connectivity index (χ3v) is 1.92. The Hall–Kier alpha value is -1.34. The SMILES string of the molecule is NCc1cc(C(F)F)c([N+](=O)[O-])c(Cl)n1. The van der Waals surface area contributed by atoms with Gasteiger partial charge in [0.05, 0.1) is 10.6 Å². The first-order valence-electron chi connectivity index (χ1n) is 3.79. The molecular weight excluding hydrogens is 232 g/mol. The number of hydrogen-bond acceptors (Lipinski definition) is 4. The molecular formula is C7H6ClF2N3O2. The Labute approximate surface area is 88.0 Å². The van der Waals surface area contributed by atoms with Crippen LogP contribution in [-0.4, -0.2) is 9.91 Å². The van der Waals surface area contributed by atoms with Crippen molar-refractivity contribution >= 4 is 17.3 Å². The zero-order valence-electron chi connectivity index (χ0n) is 7.28. The van der Waals surface area contributed by atoms with Crippen LogP contribution in [0.1, 0.15) is 17.7 Å². The van der Waals surface area contributed by atoms with Crippen molar-refractivity contribution in [2.75, 3.05) is 0 Å². The summed E-state index contributed by atoms with van der Waals surface area (Å²) in [7, 11) is 0. The average molecular weight is 238 g/mol. The van der Waals surface area contributed by atoms with Crippen molar-refractivity contribution in [3.8, 4) is 0 Å². The number of hydrogen-bond donors (Lipinski definition) is 1. The zero-order chi connectivity index (χ0) is 11.6. The summed E-state index contributed by atoms with van der Waals surface area (Å²) in [6.07, 6.45) is -2.99. The fourth-order valence-corrected chi connectivity index (χ4v) is 1.32. The molecule has 0 saturated carbocycles. The fourth-order valence-electron chi connectivity index (χ4n) is 1.03. The molecule has 0 aliphatic rings. The molecule has 1 heterocycles. The van der Waals surface area contributed by atoms with Crippen molar-refractivity contribution in [3.63, 3.8) is 0 Å². The van der Waals surface area contributed by atoms with Gasteiger partial charge in [0.15, 0.2) is 0 Å². The quantitative estimate of drug-likeness (QED) is 0.495.